The molecule has 0 aliphatic heterocycles. The lowest BCUT2D eigenvalue weighted by molar-refractivity contribution is 0.0595. The Morgan fingerprint density at radius 3 is 2.71 bits per heavy atom. The molecule has 1 amide bonds. The minimum Gasteiger partial charge on any atom is -0.465 e. The van der Waals surface area contributed by atoms with Crippen LogP contribution in [0.3, 0.4) is 0 Å². The molecule has 1 N–H and O–H groups in total. The molecule has 5 nitrogen and oxygen atoms in total. The van der Waals surface area contributed by atoms with E-state index in [-0.39, 0.29) is 17.9 Å². The third kappa shape index (κ3) is 3.44. The highest BCUT2D eigenvalue weighted by Crippen LogP contribution is 2.15. The fraction of sp³-hybridized carbons (Fsp3) is 0.273. The average molecular weight is 241 g/mol. The summed E-state index contributed by atoms with van der Waals surface area (Å²) in [5.41, 5.74) is 0.00653. The molecule has 0 aromatic heterocycles. The summed E-state index contributed by atoms with van der Waals surface area (Å²) in [5, 5.41) is 2.35. The van der Waals surface area contributed by atoms with E-state index in [0.29, 0.717) is 0 Å². The molecule has 1 aromatic carbocycles. The Labute approximate surface area is 97.5 Å². The zero-order chi connectivity index (χ0) is 12.8. The molecule has 0 aliphatic carbocycles. The molecular formula is C11H12FNO4. The van der Waals surface area contributed by atoms with Crippen molar-refractivity contribution in [3.05, 3.63) is 29.6 Å². The number of rotatable bonds is 3. The smallest absolute Gasteiger partial charge is 0.411 e. The number of hydrogen-bond donors (Lipinski definition) is 1. The van der Waals surface area contributed by atoms with Gasteiger partial charge in [0.05, 0.1) is 19.3 Å². The Bertz CT molecular complexity index is 433. The first kappa shape index (κ1) is 13.0. The second-order valence-electron chi connectivity index (χ2n) is 3.03. The summed E-state index contributed by atoms with van der Waals surface area (Å²) >= 11 is 0. The van der Waals surface area contributed by atoms with Crippen molar-refractivity contribution in [3.63, 3.8) is 0 Å². The van der Waals surface area contributed by atoms with Gasteiger partial charge in [-0.1, -0.05) is 0 Å². The van der Waals surface area contributed by atoms with Crippen molar-refractivity contribution in [2.45, 2.75) is 6.92 Å². The number of methoxy groups -OCH3 is 1. The number of nitrogens with one attached hydrogen (secondary N) is 1. The molecule has 1 rings (SSSR count). The van der Waals surface area contributed by atoms with Crippen LogP contribution in [0.25, 0.3) is 0 Å². The second-order valence-corrected chi connectivity index (χ2v) is 3.03. The molecule has 0 saturated heterocycles. The van der Waals surface area contributed by atoms with Gasteiger partial charge in [-0.3, -0.25) is 5.32 Å². The third-order valence-corrected chi connectivity index (χ3v) is 1.89. The molecule has 0 radical (unpaired) electrons. The second kappa shape index (κ2) is 5.83. The lowest BCUT2D eigenvalue weighted by Crippen LogP contribution is -2.14. The van der Waals surface area contributed by atoms with Gasteiger partial charge in [-0.05, 0) is 25.1 Å². The topological polar surface area (TPSA) is 64.6 Å². The first-order chi connectivity index (χ1) is 8.08. The highest BCUT2D eigenvalue weighted by Gasteiger charge is 2.13. The molecule has 17 heavy (non-hydrogen) atoms. The molecule has 0 saturated carbocycles. The van der Waals surface area contributed by atoms with Gasteiger partial charge in [-0.2, -0.15) is 0 Å². The van der Waals surface area contributed by atoms with Crippen LogP contribution in [0.5, 0.6) is 0 Å². The van der Waals surface area contributed by atoms with Gasteiger partial charge in [-0.15, -0.1) is 0 Å². The minimum atomic E-state index is -0.810. The van der Waals surface area contributed by atoms with Crippen molar-refractivity contribution in [1.29, 1.82) is 0 Å². The van der Waals surface area contributed by atoms with Crippen LogP contribution in [0.4, 0.5) is 14.9 Å². The fourth-order valence-corrected chi connectivity index (χ4v) is 1.15. The average Bonchev–Trinajstić information content (AvgIpc) is 2.31. The molecule has 0 unspecified atom stereocenters. The summed E-state index contributed by atoms with van der Waals surface area (Å²) < 4.78 is 22.3. The minimum absolute atomic E-state index is 0.219. The van der Waals surface area contributed by atoms with E-state index in [2.05, 4.69) is 14.8 Å². The van der Waals surface area contributed by atoms with Crippen molar-refractivity contribution in [3.8, 4) is 0 Å². The van der Waals surface area contributed by atoms with Crippen LogP contribution in [0.15, 0.2) is 18.2 Å². The van der Waals surface area contributed by atoms with E-state index in [9.17, 15) is 14.0 Å². The summed E-state index contributed by atoms with van der Waals surface area (Å²) in [6, 6.07) is 3.56. The number of amides is 1. The van der Waals surface area contributed by atoms with Crippen molar-refractivity contribution >= 4 is 17.7 Å². The van der Waals surface area contributed by atoms with Gasteiger partial charge in [0, 0.05) is 5.69 Å². The maximum atomic E-state index is 13.2. The lowest BCUT2D eigenvalue weighted by Gasteiger charge is -2.07. The summed E-state index contributed by atoms with van der Waals surface area (Å²) in [6.07, 6.45) is -0.671. The number of esters is 1. The molecule has 1 aromatic rings. The highest BCUT2D eigenvalue weighted by molar-refractivity contribution is 5.92. The Balaban J connectivity index is 2.89. The Hall–Kier alpha value is -2.11. The van der Waals surface area contributed by atoms with E-state index in [0.717, 1.165) is 13.2 Å². The Morgan fingerprint density at radius 1 is 1.41 bits per heavy atom. The van der Waals surface area contributed by atoms with E-state index < -0.39 is 17.9 Å². The first-order valence-electron chi connectivity index (χ1n) is 4.90. The summed E-state index contributed by atoms with van der Waals surface area (Å²) in [5.74, 6) is -1.53. The summed E-state index contributed by atoms with van der Waals surface area (Å²) in [7, 11) is 1.15. The van der Waals surface area contributed by atoms with Gasteiger partial charge in [0.15, 0.2) is 0 Å². The van der Waals surface area contributed by atoms with E-state index in [1.807, 2.05) is 0 Å². The van der Waals surface area contributed by atoms with Crippen LogP contribution in [-0.4, -0.2) is 25.8 Å². The maximum Gasteiger partial charge on any atom is 0.411 e. The molecular weight excluding hydrogens is 229 g/mol. The molecule has 0 fully saturated rings. The number of hydrogen-bond acceptors (Lipinski definition) is 4. The van der Waals surface area contributed by atoms with E-state index in [1.54, 1.807) is 6.92 Å². The number of carbonyl (C=O) groups excluding carboxylic acids is 2. The fourth-order valence-electron chi connectivity index (χ4n) is 1.15. The molecule has 6 heteroatoms. The number of ether oxygens (including phenoxy) is 2. The number of carbonyl (C=O) groups is 2. The first-order valence-corrected chi connectivity index (χ1v) is 4.90. The quantitative estimate of drug-likeness (QED) is 0.824. The summed E-state index contributed by atoms with van der Waals surface area (Å²) in [6.45, 7) is 1.88. The zero-order valence-corrected chi connectivity index (χ0v) is 9.45. The van der Waals surface area contributed by atoms with Gasteiger partial charge >= 0.3 is 12.1 Å². The van der Waals surface area contributed by atoms with Crippen LogP contribution >= 0.6 is 0 Å². The Morgan fingerprint density at radius 2 is 2.12 bits per heavy atom. The zero-order valence-electron chi connectivity index (χ0n) is 9.45. The highest BCUT2D eigenvalue weighted by atomic mass is 19.1. The Kier molecular flexibility index (Phi) is 4.45. The lowest BCUT2D eigenvalue weighted by atomic mass is 10.2. The summed E-state index contributed by atoms with van der Waals surface area (Å²) in [4.78, 5) is 22.3. The van der Waals surface area contributed by atoms with E-state index in [4.69, 9.17) is 0 Å². The van der Waals surface area contributed by atoms with E-state index in [1.165, 1.54) is 12.1 Å². The predicted molar refractivity (Wildman–Crippen MR) is 58.4 cm³/mol. The van der Waals surface area contributed by atoms with Gasteiger partial charge < -0.3 is 9.47 Å². The number of anilines is 1. The normalized spacial score (nSPS) is 9.59. The molecule has 0 bridgehead atoms. The monoisotopic (exact) mass is 241 g/mol. The van der Waals surface area contributed by atoms with Crippen LogP contribution in [0.2, 0.25) is 0 Å². The molecule has 0 spiro atoms. The van der Waals surface area contributed by atoms with Crippen molar-refractivity contribution in [2.24, 2.45) is 0 Å². The predicted octanol–water partition coefficient (Wildman–Crippen LogP) is 2.18. The van der Waals surface area contributed by atoms with Crippen molar-refractivity contribution < 1.29 is 23.5 Å². The number of benzene rings is 1. The standard InChI is InChI=1S/C11H12FNO4/c1-3-17-11(15)13-7-4-5-9(12)8(6-7)10(14)16-2/h4-6H,3H2,1-2H3,(H,13,15). The largest absolute Gasteiger partial charge is 0.465 e. The van der Waals surface area contributed by atoms with Gasteiger partial charge in [0.2, 0.25) is 0 Å². The molecule has 0 heterocycles. The molecule has 92 valence electrons. The van der Waals surface area contributed by atoms with Gasteiger partial charge in [0.25, 0.3) is 0 Å². The van der Waals surface area contributed by atoms with Crippen molar-refractivity contribution in [1.82, 2.24) is 0 Å². The van der Waals surface area contributed by atoms with Crippen molar-refractivity contribution in [2.75, 3.05) is 19.0 Å². The van der Waals surface area contributed by atoms with Gasteiger partial charge in [-0.25, -0.2) is 14.0 Å². The molecule has 0 aliphatic rings. The van der Waals surface area contributed by atoms with Crippen LogP contribution in [0.1, 0.15) is 17.3 Å². The van der Waals surface area contributed by atoms with Crippen LogP contribution in [0, 0.1) is 5.82 Å². The SMILES string of the molecule is CCOC(=O)Nc1ccc(F)c(C(=O)OC)c1. The van der Waals surface area contributed by atoms with E-state index >= 15 is 0 Å². The van der Waals surface area contributed by atoms with Crippen LogP contribution in [-0.2, 0) is 9.47 Å². The van der Waals surface area contributed by atoms with Crippen LogP contribution < -0.4 is 5.32 Å². The molecule has 0 atom stereocenters. The third-order valence-electron chi connectivity index (χ3n) is 1.89. The number of halogens is 1. The maximum absolute atomic E-state index is 13.2. The van der Waals surface area contributed by atoms with Gasteiger partial charge in [0.1, 0.15) is 5.82 Å².